The molecule has 1 rings (SSSR count). The largest absolute Gasteiger partial charge is 0.383 e. The maximum absolute atomic E-state index is 5.14. The van der Waals surface area contributed by atoms with Crippen molar-refractivity contribution in [2.45, 2.75) is 25.9 Å². The molecule has 1 fully saturated rings. The fourth-order valence-electron chi connectivity index (χ4n) is 1.85. The molecule has 2 unspecified atom stereocenters. The molecule has 0 aromatic heterocycles. The van der Waals surface area contributed by atoms with E-state index in [9.17, 15) is 0 Å². The van der Waals surface area contributed by atoms with Gasteiger partial charge in [-0.3, -0.25) is 4.90 Å². The molecule has 1 heterocycles. The average molecular weight is 172 g/mol. The predicted molar refractivity (Wildman–Crippen MR) is 50.4 cm³/mol. The number of methoxy groups -OCH3 is 1. The van der Waals surface area contributed by atoms with Gasteiger partial charge in [0.05, 0.1) is 6.61 Å². The van der Waals surface area contributed by atoms with Gasteiger partial charge in [0, 0.05) is 38.8 Å². The Morgan fingerprint density at radius 2 is 2.42 bits per heavy atom. The first-order chi connectivity index (χ1) is 5.75. The molecule has 3 nitrogen and oxygen atoms in total. The summed E-state index contributed by atoms with van der Waals surface area (Å²) in [5.41, 5.74) is 0. The van der Waals surface area contributed by atoms with Crippen LogP contribution >= 0.6 is 0 Å². The third-order valence-corrected chi connectivity index (χ3v) is 2.53. The zero-order valence-corrected chi connectivity index (χ0v) is 8.34. The monoisotopic (exact) mass is 172 g/mol. The summed E-state index contributed by atoms with van der Waals surface area (Å²) in [6.07, 6.45) is 0. The Bertz CT molecular complexity index is 130. The van der Waals surface area contributed by atoms with Gasteiger partial charge in [0.2, 0.25) is 0 Å². The molecule has 0 aliphatic carbocycles. The lowest BCUT2D eigenvalue weighted by molar-refractivity contribution is 0.0619. The van der Waals surface area contributed by atoms with E-state index in [1.807, 2.05) is 0 Å². The molecule has 0 saturated carbocycles. The number of nitrogens with zero attached hydrogens (tertiary/aromatic N) is 1. The number of hydrogen-bond donors (Lipinski definition) is 1. The van der Waals surface area contributed by atoms with E-state index in [4.69, 9.17) is 4.74 Å². The number of nitrogens with one attached hydrogen (secondary N) is 1. The first-order valence-corrected chi connectivity index (χ1v) is 4.71. The Hall–Kier alpha value is -0.120. The smallest absolute Gasteiger partial charge is 0.0615 e. The van der Waals surface area contributed by atoms with Crippen molar-refractivity contribution in [2.75, 3.05) is 33.4 Å². The molecule has 0 aromatic carbocycles. The molecule has 0 bridgehead atoms. The third-order valence-electron chi connectivity index (χ3n) is 2.53. The van der Waals surface area contributed by atoms with Crippen LogP contribution in [-0.4, -0.2) is 50.3 Å². The molecule has 12 heavy (non-hydrogen) atoms. The Balaban J connectivity index is 2.36. The van der Waals surface area contributed by atoms with Gasteiger partial charge in [0.15, 0.2) is 0 Å². The van der Waals surface area contributed by atoms with Crippen LogP contribution in [0.4, 0.5) is 0 Å². The van der Waals surface area contributed by atoms with Crippen molar-refractivity contribution >= 4 is 0 Å². The summed E-state index contributed by atoms with van der Waals surface area (Å²) in [5, 5.41) is 3.38. The van der Waals surface area contributed by atoms with Crippen molar-refractivity contribution in [1.82, 2.24) is 10.2 Å². The van der Waals surface area contributed by atoms with E-state index in [1.165, 1.54) is 0 Å². The van der Waals surface area contributed by atoms with E-state index in [0.717, 1.165) is 26.2 Å². The number of piperazine rings is 1. The summed E-state index contributed by atoms with van der Waals surface area (Å²) in [4.78, 5) is 2.50. The van der Waals surface area contributed by atoms with Gasteiger partial charge in [-0.2, -0.15) is 0 Å². The van der Waals surface area contributed by atoms with Crippen molar-refractivity contribution in [2.24, 2.45) is 0 Å². The van der Waals surface area contributed by atoms with E-state index < -0.39 is 0 Å². The van der Waals surface area contributed by atoms with Gasteiger partial charge in [-0.05, 0) is 13.8 Å². The van der Waals surface area contributed by atoms with Crippen LogP contribution in [0.15, 0.2) is 0 Å². The van der Waals surface area contributed by atoms with Gasteiger partial charge in [0.1, 0.15) is 0 Å². The van der Waals surface area contributed by atoms with Crippen molar-refractivity contribution in [3.63, 3.8) is 0 Å². The highest BCUT2D eigenvalue weighted by Gasteiger charge is 2.22. The van der Waals surface area contributed by atoms with E-state index in [-0.39, 0.29) is 0 Å². The predicted octanol–water partition coefficient (Wildman–Crippen LogP) is 0.315. The zero-order chi connectivity index (χ0) is 8.97. The van der Waals surface area contributed by atoms with Crippen molar-refractivity contribution < 1.29 is 4.74 Å². The Labute approximate surface area is 75.1 Å². The van der Waals surface area contributed by atoms with Crippen molar-refractivity contribution in [3.05, 3.63) is 0 Å². The minimum Gasteiger partial charge on any atom is -0.383 e. The summed E-state index contributed by atoms with van der Waals surface area (Å²) >= 11 is 0. The number of rotatable bonds is 3. The highest BCUT2D eigenvalue weighted by molar-refractivity contribution is 4.79. The van der Waals surface area contributed by atoms with Crippen LogP contribution in [0.25, 0.3) is 0 Å². The van der Waals surface area contributed by atoms with E-state index in [2.05, 4.69) is 24.1 Å². The molecule has 72 valence electrons. The second kappa shape index (κ2) is 4.80. The van der Waals surface area contributed by atoms with E-state index >= 15 is 0 Å². The summed E-state index contributed by atoms with van der Waals surface area (Å²) < 4.78 is 5.14. The lowest BCUT2D eigenvalue weighted by Crippen LogP contribution is -2.54. The molecule has 0 radical (unpaired) electrons. The minimum absolute atomic E-state index is 0.548. The molecule has 3 heteroatoms. The van der Waals surface area contributed by atoms with Crippen LogP contribution in [0.5, 0.6) is 0 Å². The number of hydrogen-bond acceptors (Lipinski definition) is 3. The zero-order valence-electron chi connectivity index (χ0n) is 8.34. The molecule has 2 atom stereocenters. The summed E-state index contributed by atoms with van der Waals surface area (Å²) in [6.45, 7) is 8.69. The van der Waals surface area contributed by atoms with Crippen LogP contribution in [0.2, 0.25) is 0 Å². The van der Waals surface area contributed by atoms with Crippen LogP contribution in [0.3, 0.4) is 0 Å². The van der Waals surface area contributed by atoms with Gasteiger partial charge in [-0.1, -0.05) is 0 Å². The Morgan fingerprint density at radius 3 is 3.00 bits per heavy atom. The maximum atomic E-state index is 5.14. The lowest BCUT2D eigenvalue weighted by atomic mass is 10.1. The first-order valence-electron chi connectivity index (χ1n) is 4.71. The second-order valence-corrected chi connectivity index (χ2v) is 3.60. The van der Waals surface area contributed by atoms with Gasteiger partial charge in [-0.15, -0.1) is 0 Å². The molecular weight excluding hydrogens is 152 g/mol. The summed E-state index contributed by atoms with van der Waals surface area (Å²) in [7, 11) is 1.77. The van der Waals surface area contributed by atoms with E-state index in [0.29, 0.717) is 12.1 Å². The normalized spacial score (nSPS) is 28.8. The Kier molecular flexibility index (Phi) is 3.98. The van der Waals surface area contributed by atoms with Crippen LogP contribution in [0.1, 0.15) is 13.8 Å². The molecule has 1 aliphatic heterocycles. The number of ether oxygens (including phenoxy) is 1. The average Bonchev–Trinajstić information content (AvgIpc) is 2.05. The van der Waals surface area contributed by atoms with Crippen LogP contribution < -0.4 is 5.32 Å². The molecule has 1 N–H and O–H groups in total. The molecular formula is C9H20N2O. The lowest BCUT2D eigenvalue weighted by Gasteiger charge is -2.38. The van der Waals surface area contributed by atoms with Crippen molar-refractivity contribution in [1.29, 1.82) is 0 Å². The minimum atomic E-state index is 0.548. The molecule has 0 spiro atoms. The van der Waals surface area contributed by atoms with Crippen LogP contribution in [0, 0.1) is 0 Å². The summed E-state index contributed by atoms with van der Waals surface area (Å²) in [6, 6.07) is 1.19. The molecule has 1 saturated heterocycles. The standard InChI is InChI=1S/C9H20N2O/c1-8-6-10-4-5-11(8)9(2)7-12-3/h8-10H,4-7H2,1-3H3. The fourth-order valence-corrected chi connectivity index (χ4v) is 1.85. The van der Waals surface area contributed by atoms with Gasteiger partial charge in [-0.25, -0.2) is 0 Å². The highest BCUT2D eigenvalue weighted by atomic mass is 16.5. The summed E-state index contributed by atoms with van der Waals surface area (Å²) in [5.74, 6) is 0. The first kappa shape index (κ1) is 9.96. The maximum Gasteiger partial charge on any atom is 0.0615 e. The third kappa shape index (κ3) is 2.44. The van der Waals surface area contributed by atoms with Gasteiger partial charge in [0.25, 0.3) is 0 Å². The highest BCUT2D eigenvalue weighted by Crippen LogP contribution is 2.07. The van der Waals surface area contributed by atoms with Crippen LogP contribution in [-0.2, 0) is 4.74 Å². The topological polar surface area (TPSA) is 24.5 Å². The van der Waals surface area contributed by atoms with Gasteiger partial charge >= 0.3 is 0 Å². The molecule has 0 amide bonds. The molecule has 1 aliphatic rings. The Morgan fingerprint density at radius 1 is 1.67 bits per heavy atom. The fraction of sp³-hybridized carbons (Fsp3) is 1.00. The van der Waals surface area contributed by atoms with E-state index in [1.54, 1.807) is 7.11 Å². The van der Waals surface area contributed by atoms with Gasteiger partial charge < -0.3 is 10.1 Å². The SMILES string of the molecule is COCC(C)N1CCNCC1C. The second-order valence-electron chi connectivity index (χ2n) is 3.60. The quantitative estimate of drug-likeness (QED) is 0.663. The van der Waals surface area contributed by atoms with Crippen molar-refractivity contribution in [3.8, 4) is 0 Å². The molecule has 0 aromatic rings.